The topological polar surface area (TPSA) is 171 Å². The van der Waals surface area contributed by atoms with Crippen LogP contribution in [0.25, 0.3) is 10.9 Å². The van der Waals surface area contributed by atoms with E-state index < -0.39 is 12.1 Å². The van der Waals surface area contributed by atoms with E-state index in [0.29, 0.717) is 60.7 Å². The maximum absolute atomic E-state index is 13.5. The van der Waals surface area contributed by atoms with Gasteiger partial charge >= 0.3 is 11.9 Å². The van der Waals surface area contributed by atoms with E-state index in [-0.39, 0.29) is 73.3 Å². The predicted octanol–water partition coefficient (Wildman–Crippen LogP) is 7.30. The van der Waals surface area contributed by atoms with Crippen LogP contribution in [-0.4, -0.2) is 101 Å². The minimum Gasteiger partial charge on any atom is -0.506 e. The van der Waals surface area contributed by atoms with E-state index in [1.165, 1.54) is 12.1 Å². The Kier molecular flexibility index (Phi) is 16.3. The first-order valence-corrected chi connectivity index (χ1v) is 23.7. The molecule has 3 saturated heterocycles. The molecule has 0 saturated carbocycles. The highest BCUT2D eigenvalue weighted by atomic mass is 16.5. The number of benzene rings is 5. The first kappa shape index (κ1) is 47.7. The number of ether oxygens (including phenoxy) is 3. The molecule has 3 fully saturated rings. The van der Waals surface area contributed by atoms with E-state index in [2.05, 4.69) is 15.2 Å². The minimum absolute atomic E-state index is 0.0350. The summed E-state index contributed by atoms with van der Waals surface area (Å²) in [7, 11) is 0. The maximum Gasteiger partial charge on any atom is 0.338 e. The number of aromatic nitrogens is 1. The Balaban J connectivity index is 0.796. The van der Waals surface area contributed by atoms with Crippen molar-refractivity contribution in [3.05, 3.63) is 177 Å². The van der Waals surface area contributed by atoms with Crippen molar-refractivity contribution in [3.63, 3.8) is 0 Å². The summed E-state index contributed by atoms with van der Waals surface area (Å²) < 4.78 is 18.0. The number of H-pyrrole nitrogens is 1. The number of pyridine rings is 1. The molecule has 68 heavy (non-hydrogen) atoms. The Bertz CT molecular complexity index is 2670. The van der Waals surface area contributed by atoms with Crippen LogP contribution >= 0.6 is 0 Å². The lowest BCUT2D eigenvalue weighted by molar-refractivity contribution is -0.159. The molecule has 354 valence electrons. The third kappa shape index (κ3) is 12.8. The van der Waals surface area contributed by atoms with Crippen LogP contribution in [0.4, 0.5) is 0 Å². The van der Waals surface area contributed by atoms with Crippen molar-refractivity contribution in [1.29, 1.82) is 0 Å². The summed E-state index contributed by atoms with van der Waals surface area (Å²) in [6.45, 7) is 5.01. The zero-order chi connectivity index (χ0) is 47.2. The molecule has 9 rings (SSSR count). The zero-order valence-corrected chi connectivity index (χ0v) is 38.3. The number of piperidine rings is 3. The van der Waals surface area contributed by atoms with Crippen LogP contribution in [0.2, 0.25) is 0 Å². The number of phenolic OH excluding ortho intramolecular Hbond substituents is 1. The summed E-state index contributed by atoms with van der Waals surface area (Å²) in [5.41, 5.74) is 4.69. The van der Waals surface area contributed by atoms with E-state index >= 15 is 0 Å². The van der Waals surface area contributed by atoms with Gasteiger partial charge in [0, 0.05) is 43.5 Å². The molecule has 3 aliphatic heterocycles. The lowest BCUT2D eigenvalue weighted by atomic mass is 9.85. The van der Waals surface area contributed by atoms with Crippen LogP contribution in [0, 0.1) is 5.92 Å². The van der Waals surface area contributed by atoms with Gasteiger partial charge < -0.3 is 39.6 Å². The maximum atomic E-state index is 13.5. The van der Waals surface area contributed by atoms with Gasteiger partial charge in [0.05, 0.1) is 36.6 Å². The van der Waals surface area contributed by atoms with Gasteiger partial charge in [0.2, 0.25) is 11.5 Å². The number of aliphatic hydroxyl groups excluding tert-OH is 1. The number of esters is 2. The Labute approximate surface area is 396 Å². The summed E-state index contributed by atoms with van der Waals surface area (Å²) in [5, 5.41) is 25.0. The minimum atomic E-state index is -0.897. The standard InChI is InChI=1S/C55H60N4O9/c60-48-22-20-45(46-21-23-51(62)57-54(46)48)49(61)35-56-26-8-27-59(52(63)32-38-10-3-1-4-11-38)28-9-31-66-55(65)42-18-16-39(17-19-42)37-67-44-15-7-14-43(33-44)47(40-12-5-2-6-13-40)34-53(64)68-50-36-58-29-24-41(50)25-30-58/h1-7,10-23,33,41,47,49-50,56,60-61H,8-9,24-32,34-37H2,(H,57,62)/t47-,49-,50-/m0/s1. The van der Waals surface area contributed by atoms with Crippen LogP contribution in [0.5, 0.6) is 11.5 Å². The molecule has 4 N–H and O–H groups in total. The zero-order valence-electron chi connectivity index (χ0n) is 38.3. The molecule has 1 amide bonds. The Morgan fingerprint density at radius 1 is 0.809 bits per heavy atom. The van der Waals surface area contributed by atoms with Gasteiger partial charge in [0.15, 0.2) is 0 Å². The van der Waals surface area contributed by atoms with Gasteiger partial charge in [-0.25, -0.2) is 4.79 Å². The van der Waals surface area contributed by atoms with Gasteiger partial charge in [-0.05, 0) is 115 Å². The van der Waals surface area contributed by atoms with Crippen molar-refractivity contribution in [1.82, 2.24) is 20.1 Å². The predicted molar refractivity (Wildman–Crippen MR) is 259 cm³/mol. The van der Waals surface area contributed by atoms with Gasteiger partial charge in [-0.2, -0.15) is 0 Å². The van der Waals surface area contributed by atoms with Crippen LogP contribution in [0.3, 0.4) is 0 Å². The van der Waals surface area contributed by atoms with Gasteiger partial charge in [0.1, 0.15) is 24.2 Å². The lowest BCUT2D eigenvalue weighted by Crippen LogP contribution is -2.52. The average Bonchev–Trinajstić information content (AvgIpc) is 3.36. The Morgan fingerprint density at radius 2 is 1.54 bits per heavy atom. The van der Waals surface area contributed by atoms with E-state index in [1.807, 2.05) is 97.1 Å². The fourth-order valence-corrected chi connectivity index (χ4v) is 9.31. The first-order chi connectivity index (χ1) is 33.2. The third-order valence-corrected chi connectivity index (χ3v) is 13.0. The fourth-order valence-electron chi connectivity index (χ4n) is 9.31. The first-order valence-electron chi connectivity index (χ1n) is 23.7. The molecule has 5 aromatic carbocycles. The van der Waals surface area contributed by atoms with E-state index in [1.54, 1.807) is 29.2 Å². The molecule has 13 nitrogen and oxygen atoms in total. The molecule has 6 aromatic rings. The number of aliphatic hydroxyl groups is 1. The largest absolute Gasteiger partial charge is 0.506 e. The highest BCUT2D eigenvalue weighted by molar-refractivity contribution is 5.89. The van der Waals surface area contributed by atoms with Gasteiger partial charge in [-0.3, -0.25) is 19.3 Å². The van der Waals surface area contributed by atoms with Crippen LogP contribution in [-0.2, 0) is 32.1 Å². The molecule has 3 aliphatic rings. The molecule has 1 aromatic heterocycles. The fraction of sp³-hybridized carbons (Fsp3) is 0.345. The summed E-state index contributed by atoms with van der Waals surface area (Å²) in [4.78, 5) is 58.5. The van der Waals surface area contributed by atoms with Crippen LogP contribution in [0.15, 0.2) is 138 Å². The second-order valence-electron chi connectivity index (χ2n) is 17.8. The number of phenols is 1. The molecule has 0 spiro atoms. The van der Waals surface area contributed by atoms with E-state index in [4.69, 9.17) is 14.2 Å². The van der Waals surface area contributed by atoms with E-state index in [9.17, 15) is 29.4 Å². The number of hydrogen-bond acceptors (Lipinski definition) is 11. The number of nitrogens with zero attached hydrogens (tertiary/aromatic N) is 2. The molecule has 13 heteroatoms. The van der Waals surface area contributed by atoms with Gasteiger partial charge in [-0.15, -0.1) is 0 Å². The molecule has 3 atom stereocenters. The number of hydrogen-bond donors (Lipinski definition) is 4. The highest BCUT2D eigenvalue weighted by Crippen LogP contribution is 2.34. The van der Waals surface area contributed by atoms with Gasteiger partial charge in [0.25, 0.3) is 0 Å². The van der Waals surface area contributed by atoms with Crippen molar-refractivity contribution in [2.75, 3.05) is 52.4 Å². The highest BCUT2D eigenvalue weighted by Gasteiger charge is 2.37. The molecular weight excluding hydrogens is 861 g/mol. The number of rotatable bonds is 22. The number of carbonyl (C=O) groups is 3. The number of aromatic hydroxyl groups is 1. The average molecular weight is 921 g/mol. The smallest absolute Gasteiger partial charge is 0.338 e. The third-order valence-electron chi connectivity index (χ3n) is 13.0. The molecule has 2 bridgehead atoms. The van der Waals surface area contributed by atoms with Crippen LogP contribution in [0.1, 0.15) is 82.3 Å². The SMILES string of the molecule is O=C(C[C@@H](c1ccccc1)c1cccc(OCc2ccc(C(=O)OCCCN(CCCNC[C@H](O)c3ccc(O)c4[nH]c(=O)ccc34)C(=O)Cc3ccccc3)cc2)c1)O[C@H]1CN2CCC1CC2. The Hall–Kier alpha value is -6.80. The summed E-state index contributed by atoms with van der Waals surface area (Å²) in [6, 6.07) is 40.6. The van der Waals surface area contributed by atoms with Crippen molar-refractivity contribution in [2.45, 2.75) is 63.3 Å². The molecule has 0 radical (unpaired) electrons. The Morgan fingerprint density at radius 3 is 2.29 bits per heavy atom. The monoisotopic (exact) mass is 920 g/mol. The number of amides is 1. The number of aromatic amines is 1. The van der Waals surface area contributed by atoms with Crippen molar-refractivity contribution < 1.29 is 38.8 Å². The van der Waals surface area contributed by atoms with Crippen molar-refractivity contribution in [2.24, 2.45) is 5.92 Å². The second-order valence-corrected chi connectivity index (χ2v) is 17.8. The van der Waals surface area contributed by atoms with Crippen molar-refractivity contribution >= 4 is 28.7 Å². The lowest BCUT2D eigenvalue weighted by Gasteiger charge is -2.44. The number of carbonyl (C=O) groups excluding carboxylic acids is 3. The molecule has 0 aliphatic carbocycles. The molecule has 4 heterocycles. The van der Waals surface area contributed by atoms with E-state index in [0.717, 1.165) is 54.7 Å². The molecule has 0 unspecified atom stereocenters. The van der Waals surface area contributed by atoms with Crippen molar-refractivity contribution in [3.8, 4) is 11.5 Å². The summed E-state index contributed by atoms with van der Waals surface area (Å²) in [6.07, 6.45) is 2.77. The summed E-state index contributed by atoms with van der Waals surface area (Å²) >= 11 is 0. The summed E-state index contributed by atoms with van der Waals surface area (Å²) in [5.74, 6) is 0.177. The number of nitrogens with one attached hydrogen (secondary N) is 2. The molecular formula is C55H60N4O9. The van der Waals surface area contributed by atoms with Crippen LogP contribution < -0.4 is 15.6 Å². The number of fused-ring (bicyclic) bond motifs is 4. The van der Waals surface area contributed by atoms with Gasteiger partial charge in [-0.1, -0.05) is 91.0 Å². The quantitative estimate of drug-likeness (QED) is 0.0398. The second kappa shape index (κ2) is 23.3. The normalized spacial score (nSPS) is 17.3.